The lowest BCUT2D eigenvalue weighted by Crippen LogP contribution is -2.30. The normalized spacial score (nSPS) is 16.9. The number of nitrogens with zero attached hydrogens (tertiary/aromatic N) is 1. The molecule has 3 aromatic carbocycles. The first kappa shape index (κ1) is 26.0. The van der Waals surface area contributed by atoms with Crippen molar-refractivity contribution in [1.29, 1.82) is 0 Å². The van der Waals surface area contributed by atoms with Gasteiger partial charge < -0.3 is 14.6 Å². The molecular weight excluding hydrogens is 466 g/mol. The number of ketones is 1. The van der Waals surface area contributed by atoms with Crippen LogP contribution in [0.3, 0.4) is 0 Å². The molecule has 0 bridgehead atoms. The number of aliphatic hydroxyl groups is 1. The Morgan fingerprint density at radius 1 is 1.03 bits per heavy atom. The topological polar surface area (TPSA) is 76.1 Å². The van der Waals surface area contributed by atoms with E-state index in [1.807, 2.05) is 71.0 Å². The van der Waals surface area contributed by atoms with Crippen LogP contribution in [0.4, 0.5) is 5.69 Å². The number of aliphatic hydroxyl groups excluding tert-OH is 1. The smallest absolute Gasteiger partial charge is 0.300 e. The number of methoxy groups -OCH3 is 1. The maximum absolute atomic E-state index is 13.6. The number of Topliss-reactive ketones (excluding diaryl/α,β-unsaturated/α-hetero) is 1. The fourth-order valence-corrected chi connectivity index (χ4v) is 4.78. The second-order valence-electron chi connectivity index (χ2n) is 9.58. The van der Waals surface area contributed by atoms with E-state index in [4.69, 9.17) is 9.47 Å². The number of benzene rings is 3. The van der Waals surface area contributed by atoms with Crippen molar-refractivity contribution in [3.8, 4) is 11.5 Å². The summed E-state index contributed by atoms with van der Waals surface area (Å²) in [4.78, 5) is 28.6. The molecule has 4 rings (SSSR count). The molecule has 0 radical (unpaired) electrons. The van der Waals surface area contributed by atoms with Crippen LogP contribution in [0.1, 0.15) is 60.5 Å². The molecule has 0 aromatic heterocycles. The quantitative estimate of drug-likeness (QED) is 0.229. The Morgan fingerprint density at radius 3 is 2.46 bits per heavy atom. The van der Waals surface area contributed by atoms with E-state index < -0.39 is 17.7 Å². The molecule has 1 heterocycles. The molecule has 1 atom stereocenters. The van der Waals surface area contributed by atoms with Gasteiger partial charge in [-0.05, 0) is 85.3 Å². The Kier molecular flexibility index (Phi) is 7.39. The van der Waals surface area contributed by atoms with Crippen LogP contribution >= 0.6 is 0 Å². The standard InChI is InChI=1S/C31H33NO5/c1-7-37-26-14-13-22(17-24(26)18(2)3)29(33)27-28(21-9-8-10-23(16-21)36-6)32(31(35)30(27)34)25-15-19(4)11-12-20(25)5/h8-18,28,33H,7H2,1-6H3/b29-27-. The van der Waals surface area contributed by atoms with Gasteiger partial charge in [0.2, 0.25) is 0 Å². The minimum atomic E-state index is -0.829. The van der Waals surface area contributed by atoms with Crippen LogP contribution in [0, 0.1) is 13.8 Å². The van der Waals surface area contributed by atoms with Gasteiger partial charge in [-0.3, -0.25) is 14.5 Å². The van der Waals surface area contributed by atoms with Gasteiger partial charge in [-0.1, -0.05) is 38.1 Å². The molecule has 1 N–H and O–H groups in total. The lowest BCUT2D eigenvalue weighted by Gasteiger charge is -2.27. The minimum absolute atomic E-state index is 0.0398. The maximum atomic E-state index is 13.6. The predicted octanol–water partition coefficient (Wildman–Crippen LogP) is 6.46. The number of ether oxygens (including phenoxy) is 2. The number of carbonyl (C=O) groups excluding carboxylic acids is 2. The Balaban J connectivity index is 1.97. The minimum Gasteiger partial charge on any atom is -0.507 e. The summed E-state index contributed by atoms with van der Waals surface area (Å²) < 4.78 is 11.2. The number of rotatable bonds is 7. The predicted molar refractivity (Wildman–Crippen MR) is 145 cm³/mol. The summed E-state index contributed by atoms with van der Waals surface area (Å²) in [6.07, 6.45) is 0. The Morgan fingerprint density at radius 2 is 1.78 bits per heavy atom. The van der Waals surface area contributed by atoms with Gasteiger partial charge in [-0.25, -0.2) is 0 Å². The van der Waals surface area contributed by atoms with Crippen LogP contribution in [-0.2, 0) is 9.59 Å². The third-order valence-electron chi connectivity index (χ3n) is 6.68. The molecule has 0 spiro atoms. The molecule has 1 aliphatic rings. The van der Waals surface area contributed by atoms with E-state index in [1.54, 1.807) is 31.4 Å². The van der Waals surface area contributed by atoms with E-state index in [-0.39, 0.29) is 17.3 Å². The molecule has 1 amide bonds. The van der Waals surface area contributed by atoms with Crippen molar-refractivity contribution in [2.45, 2.75) is 46.6 Å². The van der Waals surface area contributed by atoms with Gasteiger partial charge in [0.1, 0.15) is 17.3 Å². The van der Waals surface area contributed by atoms with Crippen molar-refractivity contribution in [2.24, 2.45) is 0 Å². The Bertz CT molecular complexity index is 1390. The van der Waals surface area contributed by atoms with Crippen LogP contribution in [0.2, 0.25) is 0 Å². The molecule has 6 nitrogen and oxygen atoms in total. The number of hydrogen-bond acceptors (Lipinski definition) is 5. The van der Waals surface area contributed by atoms with Crippen molar-refractivity contribution in [1.82, 2.24) is 0 Å². The fraction of sp³-hybridized carbons (Fsp3) is 0.290. The van der Waals surface area contributed by atoms with Crippen molar-refractivity contribution in [3.63, 3.8) is 0 Å². The number of carbonyl (C=O) groups is 2. The van der Waals surface area contributed by atoms with Crippen LogP contribution in [0.5, 0.6) is 11.5 Å². The number of anilines is 1. The summed E-state index contributed by atoms with van der Waals surface area (Å²) in [6, 6.07) is 17.5. The van der Waals surface area contributed by atoms with Gasteiger partial charge in [-0.15, -0.1) is 0 Å². The van der Waals surface area contributed by atoms with Crippen molar-refractivity contribution in [2.75, 3.05) is 18.6 Å². The second kappa shape index (κ2) is 10.5. The monoisotopic (exact) mass is 499 g/mol. The average Bonchev–Trinajstić information content (AvgIpc) is 3.15. The highest BCUT2D eigenvalue weighted by Crippen LogP contribution is 2.44. The molecule has 1 saturated heterocycles. The van der Waals surface area contributed by atoms with Gasteiger partial charge in [-0.2, -0.15) is 0 Å². The molecule has 1 unspecified atom stereocenters. The van der Waals surface area contributed by atoms with Gasteiger partial charge in [0.05, 0.1) is 25.3 Å². The zero-order chi connectivity index (χ0) is 26.9. The Hall–Kier alpha value is -4.06. The molecule has 0 aliphatic carbocycles. The molecule has 192 valence electrons. The molecule has 6 heteroatoms. The molecule has 1 aliphatic heterocycles. The zero-order valence-electron chi connectivity index (χ0n) is 22.2. The summed E-state index contributed by atoms with van der Waals surface area (Å²) in [5.41, 5.74) is 4.51. The lowest BCUT2D eigenvalue weighted by molar-refractivity contribution is -0.132. The van der Waals surface area contributed by atoms with E-state index in [0.29, 0.717) is 29.2 Å². The largest absolute Gasteiger partial charge is 0.507 e. The zero-order valence-corrected chi connectivity index (χ0v) is 22.2. The van der Waals surface area contributed by atoms with Crippen LogP contribution in [-0.4, -0.2) is 30.5 Å². The van der Waals surface area contributed by atoms with E-state index in [9.17, 15) is 14.7 Å². The highest BCUT2D eigenvalue weighted by atomic mass is 16.5. The van der Waals surface area contributed by atoms with Gasteiger partial charge in [0, 0.05) is 11.3 Å². The maximum Gasteiger partial charge on any atom is 0.300 e. The van der Waals surface area contributed by atoms with E-state index in [2.05, 4.69) is 0 Å². The van der Waals surface area contributed by atoms with E-state index in [0.717, 1.165) is 22.4 Å². The molecule has 1 fully saturated rings. The number of hydrogen-bond donors (Lipinski definition) is 1. The highest BCUT2D eigenvalue weighted by molar-refractivity contribution is 6.51. The van der Waals surface area contributed by atoms with Gasteiger partial charge in [0.15, 0.2) is 0 Å². The Labute approximate surface area is 218 Å². The summed E-state index contributed by atoms with van der Waals surface area (Å²) in [7, 11) is 1.56. The third kappa shape index (κ3) is 4.84. The third-order valence-corrected chi connectivity index (χ3v) is 6.68. The first-order chi connectivity index (χ1) is 17.7. The lowest BCUT2D eigenvalue weighted by atomic mass is 9.92. The first-order valence-electron chi connectivity index (χ1n) is 12.5. The molecule has 0 saturated carbocycles. The molecular formula is C31H33NO5. The SMILES string of the molecule is CCOc1ccc(/C(O)=C2/C(=O)C(=O)N(c3cc(C)ccc3C)C2c2cccc(OC)c2)cc1C(C)C. The number of aryl methyl sites for hydroxylation is 2. The molecule has 3 aromatic rings. The van der Waals surface area contributed by atoms with Crippen LogP contribution in [0.25, 0.3) is 5.76 Å². The van der Waals surface area contributed by atoms with Gasteiger partial charge >= 0.3 is 0 Å². The van der Waals surface area contributed by atoms with E-state index in [1.165, 1.54) is 4.90 Å². The first-order valence-corrected chi connectivity index (χ1v) is 12.5. The second-order valence-corrected chi connectivity index (χ2v) is 9.58. The summed E-state index contributed by atoms with van der Waals surface area (Å²) in [5, 5.41) is 11.6. The van der Waals surface area contributed by atoms with Gasteiger partial charge in [0.25, 0.3) is 11.7 Å². The summed E-state index contributed by atoms with van der Waals surface area (Å²) in [6.45, 7) is 10.4. The van der Waals surface area contributed by atoms with Crippen molar-refractivity contribution < 1.29 is 24.2 Å². The average molecular weight is 500 g/mol. The fourth-order valence-electron chi connectivity index (χ4n) is 4.78. The summed E-state index contributed by atoms with van der Waals surface area (Å²) >= 11 is 0. The van der Waals surface area contributed by atoms with Crippen LogP contribution < -0.4 is 14.4 Å². The van der Waals surface area contributed by atoms with Crippen LogP contribution in [0.15, 0.2) is 66.2 Å². The van der Waals surface area contributed by atoms with E-state index >= 15 is 0 Å². The molecule has 37 heavy (non-hydrogen) atoms. The highest BCUT2D eigenvalue weighted by Gasteiger charge is 2.47. The number of amides is 1. The van der Waals surface area contributed by atoms with Crippen molar-refractivity contribution in [3.05, 3.63) is 94.1 Å². The van der Waals surface area contributed by atoms with Crippen molar-refractivity contribution >= 4 is 23.1 Å². The summed E-state index contributed by atoms with van der Waals surface area (Å²) in [5.74, 6) is -0.185.